The van der Waals surface area contributed by atoms with Gasteiger partial charge in [0.05, 0.1) is 6.04 Å². The fraction of sp³-hybridized carbons (Fsp3) is 0.909. The lowest BCUT2D eigenvalue weighted by Crippen LogP contribution is -2.47. The number of carbonyl (C=O) groups excluding carboxylic acids is 1. The van der Waals surface area contributed by atoms with Gasteiger partial charge in [-0.25, -0.2) is 4.79 Å². The van der Waals surface area contributed by atoms with E-state index >= 15 is 0 Å². The predicted molar refractivity (Wildman–Crippen MR) is 57.5 cm³/mol. The summed E-state index contributed by atoms with van der Waals surface area (Å²) in [7, 11) is 0. The quantitative estimate of drug-likeness (QED) is 0.662. The smallest absolute Gasteiger partial charge is 0.410 e. The monoisotopic (exact) mass is 212 g/mol. The van der Waals surface area contributed by atoms with Crippen LogP contribution in [-0.4, -0.2) is 34.7 Å². The van der Waals surface area contributed by atoms with Gasteiger partial charge in [-0.15, -0.1) is 0 Å². The lowest BCUT2D eigenvalue weighted by atomic mass is 10.1. The van der Waals surface area contributed by atoms with Crippen LogP contribution >= 0.6 is 0 Å². The Morgan fingerprint density at radius 2 is 2.20 bits per heavy atom. The highest BCUT2D eigenvalue weighted by Crippen LogP contribution is 2.45. The molecule has 0 aromatic heterocycles. The van der Waals surface area contributed by atoms with Crippen LogP contribution in [-0.2, 0) is 4.74 Å². The zero-order valence-electron chi connectivity index (χ0n) is 9.75. The van der Waals surface area contributed by atoms with Crippen molar-refractivity contribution in [1.29, 1.82) is 0 Å². The Morgan fingerprint density at radius 3 is 2.80 bits per heavy atom. The highest BCUT2D eigenvalue weighted by molar-refractivity contribution is 5.70. The van der Waals surface area contributed by atoms with E-state index in [1.54, 1.807) is 4.90 Å². The summed E-state index contributed by atoms with van der Waals surface area (Å²) < 4.78 is 5.35. The molecule has 4 heteroatoms. The summed E-state index contributed by atoms with van der Waals surface area (Å²) in [5, 5.41) is 0. The van der Waals surface area contributed by atoms with Crippen molar-refractivity contribution in [2.45, 2.75) is 57.2 Å². The first-order chi connectivity index (χ1) is 6.82. The van der Waals surface area contributed by atoms with Crippen LogP contribution in [0.15, 0.2) is 0 Å². The fourth-order valence-electron chi connectivity index (χ4n) is 2.26. The molecule has 2 unspecified atom stereocenters. The number of nitrogens with two attached hydrogens (primary N) is 1. The maximum atomic E-state index is 11.8. The Hall–Kier alpha value is -0.770. The number of hydrogen-bond acceptors (Lipinski definition) is 3. The third-order valence-electron chi connectivity index (χ3n) is 3.12. The number of amides is 1. The second kappa shape index (κ2) is 3.11. The summed E-state index contributed by atoms with van der Waals surface area (Å²) in [6, 6.07) is 0.223. The standard InChI is InChI=1S/C11H20N2O2/c1-10(2,3)15-9(14)13-6-4-5-11(12)7-8(11)13/h8H,4-7,12H2,1-3H3. The van der Waals surface area contributed by atoms with E-state index in [0.717, 1.165) is 25.8 Å². The van der Waals surface area contributed by atoms with Crippen LogP contribution in [0.4, 0.5) is 4.79 Å². The summed E-state index contributed by atoms with van der Waals surface area (Å²) >= 11 is 0. The number of piperidine rings is 1. The molecule has 4 nitrogen and oxygen atoms in total. The van der Waals surface area contributed by atoms with Crippen molar-refractivity contribution in [2.24, 2.45) is 5.73 Å². The van der Waals surface area contributed by atoms with Gasteiger partial charge in [0, 0.05) is 12.1 Å². The van der Waals surface area contributed by atoms with Crippen molar-refractivity contribution >= 4 is 6.09 Å². The first kappa shape index (κ1) is 10.7. The molecule has 0 aromatic carbocycles. The summed E-state index contributed by atoms with van der Waals surface area (Å²) in [6.07, 6.45) is 2.76. The zero-order valence-corrected chi connectivity index (χ0v) is 9.75. The van der Waals surface area contributed by atoms with Gasteiger partial charge >= 0.3 is 6.09 Å². The Morgan fingerprint density at radius 1 is 1.53 bits per heavy atom. The summed E-state index contributed by atoms with van der Waals surface area (Å²) in [6.45, 7) is 6.45. The van der Waals surface area contributed by atoms with Gasteiger partial charge in [-0.3, -0.25) is 0 Å². The van der Waals surface area contributed by atoms with Crippen molar-refractivity contribution in [3.8, 4) is 0 Å². The van der Waals surface area contributed by atoms with Gasteiger partial charge in [-0.2, -0.15) is 0 Å². The molecule has 2 aliphatic rings. The van der Waals surface area contributed by atoms with Crippen molar-refractivity contribution in [3.63, 3.8) is 0 Å². The number of carbonyl (C=O) groups is 1. The van der Waals surface area contributed by atoms with Gasteiger partial charge in [-0.05, 0) is 40.0 Å². The van der Waals surface area contributed by atoms with Gasteiger partial charge in [0.1, 0.15) is 5.60 Å². The number of nitrogens with zero attached hydrogens (tertiary/aromatic N) is 1. The Labute approximate surface area is 90.8 Å². The molecule has 2 fully saturated rings. The highest BCUT2D eigenvalue weighted by Gasteiger charge is 2.57. The molecule has 0 bridgehead atoms. The van der Waals surface area contributed by atoms with Crippen LogP contribution in [0.1, 0.15) is 40.0 Å². The molecule has 1 aliphatic heterocycles. The average Bonchev–Trinajstić information content (AvgIpc) is 2.72. The van der Waals surface area contributed by atoms with E-state index in [1.807, 2.05) is 20.8 Å². The SMILES string of the molecule is CC(C)(C)OC(=O)N1CCCC2(N)CC12. The Balaban J connectivity index is 1.97. The normalized spacial score (nSPS) is 34.7. The first-order valence-corrected chi connectivity index (χ1v) is 5.60. The van der Waals surface area contributed by atoms with E-state index in [-0.39, 0.29) is 17.7 Å². The molecule has 1 aliphatic carbocycles. The Kier molecular flexibility index (Phi) is 2.23. The minimum absolute atomic E-state index is 0.102. The van der Waals surface area contributed by atoms with Crippen molar-refractivity contribution in [1.82, 2.24) is 4.90 Å². The van der Waals surface area contributed by atoms with E-state index in [1.165, 1.54) is 0 Å². The lowest BCUT2D eigenvalue weighted by Gasteiger charge is -2.32. The number of fused-ring (bicyclic) bond motifs is 1. The number of rotatable bonds is 0. The molecule has 2 rings (SSSR count). The molecule has 1 saturated heterocycles. The topological polar surface area (TPSA) is 55.6 Å². The second-order valence-corrected chi connectivity index (χ2v) is 5.73. The van der Waals surface area contributed by atoms with E-state index in [4.69, 9.17) is 10.5 Å². The summed E-state index contributed by atoms with van der Waals surface area (Å²) in [4.78, 5) is 13.6. The fourth-order valence-corrected chi connectivity index (χ4v) is 2.26. The average molecular weight is 212 g/mol. The van der Waals surface area contributed by atoms with E-state index in [0.29, 0.717) is 0 Å². The van der Waals surface area contributed by atoms with E-state index in [9.17, 15) is 4.79 Å². The van der Waals surface area contributed by atoms with E-state index in [2.05, 4.69) is 0 Å². The van der Waals surface area contributed by atoms with E-state index < -0.39 is 5.60 Å². The van der Waals surface area contributed by atoms with Crippen LogP contribution in [0.5, 0.6) is 0 Å². The van der Waals surface area contributed by atoms with Crippen molar-refractivity contribution < 1.29 is 9.53 Å². The predicted octanol–water partition coefficient (Wildman–Crippen LogP) is 1.49. The molecule has 1 amide bonds. The highest BCUT2D eigenvalue weighted by atomic mass is 16.6. The van der Waals surface area contributed by atoms with Crippen LogP contribution in [0, 0.1) is 0 Å². The minimum Gasteiger partial charge on any atom is -0.444 e. The van der Waals surface area contributed by atoms with Gasteiger partial charge in [0.2, 0.25) is 0 Å². The molecule has 2 N–H and O–H groups in total. The Bertz CT molecular complexity index is 285. The van der Waals surface area contributed by atoms with Crippen molar-refractivity contribution in [2.75, 3.05) is 6.54 Å². The number of hydrogen-bond donors (Lipinski definition) is 1. The molecule has 15 heavy (non-hydrogen) atoms. The molecular formula is C11H20N2O2. The third kappa shape index (κ3) is 2.09. The molecule has 2 atom stereocenters. The van der Waals surface area contributed by atoms with Gasteiger partial charge in [0.25, 0.3) is 0 Å². The molecular weight excluding hydrogens is 192 g/mol. The summed E-state index contributed by atoms with van der Waals surface area (Å²) in [5.74, 6) is 0. The maximum Gasteiger partial charge on any atom is 0.410 e. The van der Waals surface area contributed by atoms with Crippen LogP contribution in [0.2, 0.25) is 0 Å². The minimum atomic E-state index is -0.416. The third-order valence-corrected chi connectivity index (χ3v) is 3.12. The largest absolute Gasteiger partial charge is 0.444 e. The number of ether oxygens (including phenoxy) is 1. The van der Waals surface area contributed by atoms with Gasteiger partial charge in [-0.1, -0.05) is 0 Å². The molecule has 86 valence electrons. The molecule has 0 spiro atoms. The van der Waals surface area contributed by atoms with Gasteiger partial charge in [0.15, 0.2) is 0 Å². The van der Waals surface area contributed by atoms with Crippen LogP contribution in [0.3, 0.4) is 0 Å². The zero-order chi connectivity index (χ0) is 11.3. The van der Waals surface area contributed by atoms with Gasteiger partial charge < -0.3 is 15.4 Å². The first-order valence-electron chi connectivity index (χ1n) is 5.60. The van der Waals surface area contributed by atoms with Crippen LogP contribution in [0.25, 0.3) is 0 Å². The maximum absolute atomic E-state index is 11.8. The lowest BCUT2D eigenvalue weighted by molar-refractivity contribution is 0.0185. The molecule has 1 heterocycles. The molecule has 1 saturated carbocycles. The van der Waals surface area contributed by atoms with Crippen LogP contribution < -0.4 is 5.73 Å². The van der Waals surface area contributed by atoms with Crippen molar-refractivity contribution in [3.05, 3.63) is 0 Å². The second-order valence-electron chi connectivity index (χ2n) is 5.73. The molecule has 0 aromatic rings. The summed E-state index contributed by atoms with van der Waals surface area (Å²) in [5.41, 5.74) is 5.58. The molecule has 0 radical (unpaired) electrons. The number of likely N-dealkylation sites (tertiary alicyclic amines) is 1.